The number of anilines is 1. The lowest BCUT2D eigenvalue weighted by Gasteiger charge is -2.11. The molecule has 0 radical (unpaired) electrons. The van der Waals surface area contributed by atoms with Crippen LogP contribution in [0, 0.1) is 10.1 Å². The molecule has 2 rings (SSSR count). The number of halogens is 1. The first kappa shape index (κ1) is 14.5. The second-order valence-electron chi connectivity index (χ2n) is 4.43. The largest absolute Gasteiger partial charge is 0.381 e. The van der Waals surface area contributed by atoms with Gasteiger partial charge >= 0.3 is 0 Å². The molecule has 0 aliphatic carbocycles. The van der Waals surface area contributed by atoms with Gasteiger partial charge in [0.05, 0.1) is 4.92 Å². The van der Waals surface area contributed by atoms with Crippen molar-refractivity contribution in [3.63, 3.8) is 0 Å². The van der Waals surface area contributed by atoms with Crippen molar-refractivity contribution in [1.29, 1.82) is 0 Å². The smallest absolute Gasteiger partial charge is 0.269 e. The van der Waals surface area contributed by atoms with Crippen molar-refractivity contribution >= 4 is 27.3 Å². The molecule has 0 fully saturated rings. The number of nitro groups is 1. The minimum absolute atomic E-state index is 0.117. The molecule has 4 nitrogen and oxygen atoms in total. The predicted molar refractivity (Wildman–Crippen MR) is 83.9 cm³/mol. The summed E-state index contributed by atoms with van der Waals surface area (Å²) in [7, 11) is 0. The Balaban J connectivity index is 2.06. The highest BCUT2D eigenvalue weighted by Crippen LogP contribution is 2.22. The van der Waals surface area contributed by atoms with Crippen molar-refractivity contribution in [2.45, 2.75) is 19.9 Å². The molecular formula is C15H15BrN2O2. The van der Waals surface area contributed by atoms with Gasteiger partial charge in [-0.15, -0.1) is 0 Å². The SMILES string of the molecule is CCc1cc(Br)ccc1NCc1ccc([N+](=O)[O-])cc1. The van der Waals surface area contributed by atoms with Gasteiger partial charge in [-0.2, -0.15) is 0 Å². The second kappa shape index (κ2) is 6.52. The zero-order chi connectivity index (χ0) is 14.5. The van der Waals surface area contributed by atoms with E-state index >= 15 is 0 Å². The van der Waals surface area contributed by atoms with Crippen LogP contribution in [0.4, 0.5) is 11.4 Å². The maximum atomic E-state index is 10.6. The van der Waals surface area contributed by atoms with E-state index in [0.29, 0.717) is 6.54 Å². The molecule has 2 aromatic carbocycles. The van der Waals surface area contributed by atoms with Crippen LogP contribution in [-0.4, -0.2) is 4.92 Å². The maximum Gasteiger partial charge on any atom is 0.269 e. The molecule has 104 valence electrons. The summed E-state index contributed by atoms with van der Waals surface area (Å²) in [6.45, 7) is 2.76. The van der Waals surface area contributed by atoms with Crippen LogP contribution in [0.2, 0.25) is 0 Å². The highest BCUT2D eigenvalue weighted by molar-refractivity contribution is 9.10. The highest BCUT2D eigenvalue weighted by atomic mass is 79.9. The zero-order valence-corrected chi connectivity index (χ0v) is 12.7. The van der Waals surface area contributed by atoms with Gasteiger partial charge in [0, 0.05) is 28.8 Å². The van der Waals surface area contributed by atoms with Gasteiger partial charge in [0.25, 0.3) is 5.69 Å². The van der Waals surface area contributed by atoms with Crippen molar-refractivity contribution in [2.75, 3.05) is 5.32 Å². The first-order valence-electron chi connectivity index (χ1n) is 6.35. The first-order valence-corrected chi connectivity index (χ1v) is 7.15. The van der Waals surface area contributed by atoms with Crippen molar-refractivity contribution in [1.82, 2.24) is 0 Å². The molecule has 2 aromatic rings. The van der Waals surface area contributed by atoms with Gasteiger partial charge in [-0.1, -0.05) is 35.0 Å². The molecule has 0 aliphatic rings. The Bertz CT molecular complexity index is 612. The van der Waals surface area contributed by atoms with Crippen LogP contribution in [0.3, 0.4) is 0 Å². The molecular weight excluding hydrogens is 320 g/mol. The Morgan fingerprint density at radius 2 is 1.90 bits per heavy atom. The predicted octanol–water partition coefficient (Wildman–Crippen LogP) is 4.53. The number of nitrogens with one attached hydrogen (secondary N) is 1. The summed E-state index contributed by atoms with van der Waals surface area (Å²) in [4.78, 5) is 10.2. The number of benzene rings is 2. The Morgan fingerprint density at radius 3 is 2.50 bits per heavy atom. The van der Waals surface area contributed by atoms with Gasteiger partial charge in [0.15, 0.2) is 0 Å². The van der Waals surface area contributed by atoms with E-state index < -0.39 is 0 Å². The van der Waals surface area contributed by atoms with Crippen LogP contribution in [-0.2, 0) is 13.0 Å². The van der Waals surface area contributed by atoms with E-state index in [1.54, 1.807) is 12.1 Å². The van der Waals surface area contributed by atoms with Crippen molar-refractivity contribution in [2.24, 2.45) is 0 Å². The van der Waals surface area contributed by atoms with Gasteiger partial charge in [0.2, 0.25) is 0 Å². The van der Waals surface area contributed by atoms with Crippen molar-refractivity contribution in [3.8, 4) is 0 Å². The lowest BCUT2D eigenvalue weighted by molar-refractivity contribution is -0.384. The van der Waals surface area contributed by atoms with E-state index in [2.05, 4.69) is 34.2 Å². The van der Waals surface area contributed by atoms with E-state index in [9.17, 15) is 10.1 Å². The fraction of sp³-hybridized carbons (Fsp3) is 0.200. The normalized spacial score (nSPS) is 10.3. The molecule has 0 atom stereocenters. The van der Waals surface area contributed by atoms with E-state index in [4.69, 9.17) is 0 Å². The Hall–Kier alpha value is -1.88. The fourth-order valence-electron chi connectivity index (χ4n) is 1.96. The Kier molecular flexibility index (Phi) is 4.74. The van der Waals surface area contributed by atoms with Gasteiger partial charge in [-0.05, 0) is 35.7 Å². The van der Waals surface area contributed by atoms with Crippen molar-refractivity contribution < 1.29 is 4.92 Å². The van der Waals surface area contributed by atoms with Crippen LogP contribution in [0.5, 0.6) is 0 Å². The number of non-ortho nitro benzene ring substituents is 1. The topological polar surface area (TPSA) is 55.2 Å². The molecule has 0 unspecified atom stereocenters. The molecule has 0 spiro atoms. The summed E-state index contributed by atoms with van der Waals surface area (Å²) < 4.78 is 1.07. The molecule has 5 heteroatoms. The second-order valence-corrected chi connectivity index (χ2v) is 5.35. The third kappa shape index (κ3) is 3.57. The van der Waals surface area contributed by atoms with E-state index in [1.807, 2.05) is 12.1 Å². The molecule has 0 saturated carbocycles. The maximum absolute atomic E-state index is 10.6. The summed E-state index contributed by atoms with van der Waals surface area (Å²) in [5.41, 5.74) is 3.46. The highest BCUT2D eigenvalue weighted by Gasteiger charge is 2.05. The third-order valence-electron chi connectivity index (χ3n) is 3.08. The van der Waals surface area contributed by atoms with Crippen molar-refractivity contribution in [3.05, 3.63) is 68.2 Å². The monoisotopic (exact) mass is 334 g/mol. The van der Waals surface area contributed by atoms with Crippen LogP contribution < -0.4 is 5.32 Å². The van der Waals surface area contributed by atoms with E-state index in [1.165, 1.54) is 17.7 Å². The van der Waals surface area contributed by atoms with Gasteiger partial charge < -0.3 is 5.32 Å². The van der Waals surface area contributed by atoms with Crippen LogP contribution >= 0.6 is 15.9 Å². The quantitative estimate of drug-likeness (QED) is 0.645. The number of aryl methyl sites for hydroxylation is 1. The summed E-state index contributed by atoms with van der Waals surface area (Å²) in [5.74, 6) is 0. The van der Waals surface area contributed by atoms with Crippen LogP contribution in [0.1, 0.15) is 18.1 Å². The van der Waals surface area contributed by atoms with Gasteiger partial charge in [-0.3, -0.25) is 10.1 Å². The Labute approximate surface area is 126 Å². The number of hydrogen-bond acceptors (Lipinski definition) is 3. The molecule has 20 heavy (non-hydrogen) atoms. The summed E-state index contributed by atoms with van der Waals surface area (Å²) in [6, 6.07) is 12.7. The average molecular weight is 335 g/mol. The summed E-state index contributed by atoms with van der Waals surface area (Å²) in [5, 5.41) is 14.0. The number of nitrogens with zero attached hydrogens (tertiary/aromatic N) is 1. The average Bonchev–Trinajstić information content (AvgIpc) is 2.46. The standard InChI is InChI=1S/C15H15BrN2O2/c1-2-12-9-13(16)5-8-15(12)17-10-11-3-6-14(7-4-11)18(19)20/h3-9,17H,2,10H2,1H3. The molecule has 0 aliphatic heterocycles. The summed E-state index contributed by atoms with van der Waals surface area (Å²) >= 11 is 3.46. The van der Waals surface area contributed by atoms with Gasteiger partial charge in [0.1, 0.15) is 0 Å². The lowest BCUT2D eigenvalue weighted by Crippen LogP contribution is -2.02. The third-order valence-corrected chi connectivity index (χ3v) is 3.57. The van der Waals surface area contributed by atoms with E-state index in [-0.39, 0.29) is 10.6 Å². The Morgan fingerprint density at radius 1 is 1.20 bits per heavy atom. The van der Waals surface area contributed by atoms with Crippen LogP contribution in [0.25, 0.3) is 0 Å². The molecule has 0 bridgehead atoms. The minimum Gasteiger partial charge on any atom is -0.381 e. The van der Waals surface area contributed by atoms with E-state index in [0.717, 1.165) is 22.1 Å². The van der Waals surface area contributed by atoms with Gasteiger partial charge in [-0.25, -0.2) is 0 Å². The first-order chi connectivity index (χ1) is 9.60. The number of nitro benzene ring substituents is 1. The number of hydrogen-bond donors (Lipinski definition) is 1. The molecule has 0 heterocycles. The lowest BCUT2D eigenvalue weighted by atomic mass is 10.1. The fourth-order valence-corrected chi connectivity index (χ4v) is 2.37. The zero-order valence-electron chi connectivity index (χ0n) is 11.1. The molecule has 1 N–H and O–H groups in total. The molecule has 0 aromatic heterocycles. The minimum atomic E-state index is -0.388. The molecule has 0 amide bonds. The summed E-state index contributed by atoms with van der Waals surface area (Å²) in [6.07, 6.45) is 0.946. The molecule has 0 saturated heterocycles. The van der Waals surface area contributed by atoms with Crippen LogP contribution in [0.15, 0.2) is 46.9 Å². The number of rotatable bonds is 5.